The molecule has 2 saturated heterocycles. The van der Waals surface area contributed by atoms with Crippen LogP contribution in [0.15, 0.2) is 0 Å². The summed E-state index contributed by atoms with van der Waals surface area (Å²) in [5.41, 5.74) is 0. The van der Waals surface area contributed by atoms with Crippen LogP contribution in [0.1, 0.15) is 26.2 Å². The van der Waals surface area contributed by atoms with Crippen molar-refractivity contribution in [1.82, 2.24) is 10.2 Å². The van der Waals surface area contributed by atoms with E-state index >= 15 is 0 Å². The molecule has 0 aromatic heterocycles. The van der Waals surface area contributed by atoms with Gasteiger partial charge in [-0.3, -0.25) is 0 Å². The second-order valence-corrected chi connectivity index (χ2v) is 4.12. The average molecular weight is 200 g/mol. The molecule has 14 heavy (non-hydrogen) atoms. The van der Waals surface area contributed by atoms with Crippen molar-refractivity contribution >= 4 is 0 Å². The molecule has 3 heteroatoms. The largest absolute Gasteiger partial charge is 0.376 e. The van der Waals surface area contributed by atoms with Crippen LogP contribution in [0.5, 0.6) is 0 Å². The minimum absolute atomic E-state index is 0.476. The molecule has 1 atom stereocenters. The van der Waals surface area contributed by atoms with E-state index in [1.54, 1.807) is 0 Å². The molecule has 0 saturated carbocycles. The Morgan fingerprint density at radius 1 is 1.36 bits per heavy atom. The number of nitrogens with zero attached hydrogens (tertiary/aromatic N) is 1. The monoisotopic (exact) mass is 200 g/mol. The third-order valence-electron chi connectivity index (χ3n) is 2.79. The maximum atomic E-state index is 5.36. The van der Waals surface area contributed by atoms with Crippen molar-refractivity contribution in [3.8, 4) is 0 Å². The fourth-order valence-corrected chi connectivity index (χ4v) is 1.76. The van der Waals surface area contributed by atoms with Crippen LogP contribution in [0, 0.1) is 0 Å². The topological polar surface area (TPSA) is 24.5 Å². The smallest absolute Gasteiger partial charge is 0.0697 e. The summed E-state index contributed by atoms with van der Waals surface area (Å²) in [6, 6.07) is 0. The van der Waals surface area contributed by atoms with Crippen LogP contribution in [0.3, 0.4) is 0 Å². The zero-order valence-corrected chi connectivity index (χ0v) is 9.59. The molecule has 84 valence electrons. The lowest BCUT2D eigenvalue weighted by molar-refractivity contribution is 0.0267. The Bertz CT molecular complexity index is 129. The highest BCUT2D eigenvalue weighted by Crippen LogP contribution is 2.02. The van der Waals surface area contributed by atoms with Gasteiger partial charge in [-0.25, -0.2) is 0 Å². The van der Waals surface area contributed by atoms with Gasteiger partial charge in [0.1, 0.15) is 0 Å². The predicted molar refractivity (Wildman–Crippen MR) is 59.6 cm³/mol. The molecule has 0 aliphatic carbocycles. The Morgan fingerprint density at radius 2 is 2.07 bits per heavy atom. The summed E-state index contributed by atoms with van der Waals surface area (Å²) in [7, 11) is 2.17. The van der Waals surface area contributed by atoms with Gasteiger partial charge in [0.25, 0.3) is 0 Å². The minimum Gasteiger partial charge on any atom is -0.376 e. The summed E-state index contributed by atoms with van der Waals surface area (Å²) in [5, 5.41) is 3.26. The van der Waals surface area contributed by atoms with Crippen molar-refractivity contribution in [2.45, 2.75) is 32.3 Å². The molecule has 0 spiro atoms. The molecule has 1 unspecified atom stereocenters. The lowest BCUT2D eigenvalue weighted by atomic mass is 10.2. The van der Waals surface area contributed by atoms with Gasteiger partial charge in [-0.1, -0.05) is 6.92 Å². The Hall–Kier alpha value is -0.120. The van der Waals surface area contributed by atoms with Gasteiger partial charge in [-0.2, -0.15) is 0 Å². The van der Waals surface area contributed by atoms with Crippen molar-refractivity contribution in [2.24, 2.45) is 0 Å². The van der Waals surface area contributed by atoms with E-state index in [-0.39, 0.29) is 0 Å². The molecule has 2 aliphatic rings. The lowest BCUT2D eigenvalue weighted by Crippen LogP contribution is -2.37. The molecule has 0 aromatic rings. The predicted octanol–water partition coefficient (Wildman–Crippen LogP) is 1.10. The highest BCUT2D eigenvalue weighted by Gasteiger charge is 2.08. The number of hydrogen-bond acceptors (Lipinski definition) is 3. The van der Waals surface area contributed by atoms with E-state index in [1.165, 1.54) is 25.9 Å². The minimum atomic E-state index is 0.476. The molecule has 1 N–H and O–H groups in total. The first-order valence-corrected chi connectivity index (χ1v) is 5.83. The summed E-state index contributed by atoms with van der Waals surface area (Å²) >= 11 is 0. The summed E-state index contributed by atoms with van der Waals surface area (Å²) in [5.74, 6) is 0. The molecule has 2 heterocycles. The highest BCUT2D eigenvalue weighted by atomic mass is 16.5. The van der Waals surface area contributed by atoms with E-state index in [0.29, 0.717) is 6.10 Å². The van der Waals surface area contributed by atoms with Crippen molar-refractivity contribution in [3.05, 3.63) is 0 Å². The van der Waals surface area contributed by atoms with E-state index in [9.17, 15) is 0 Å². The third-order valence-corrected chi connectivity index (χ3v) is 2.79. The Balaban J connectivity index is 0.000000146. The first-order chi connectivity index (χ1) is 6.83. The average Bonchev–Trinajstić information content (AvgIpc) is 2.71. The molecular weight excluding hydrogens is 176 g/mol. The van der Waals surface area contributed by atoms with Gasteiger partial charge in [-0.15, -0.1) is 0 Å². The maximum Gasteiger partial charge on any atom is 0.0697 e. The highest BCUT2D eigenvalue weighted by molar-refractivity contribution is 4.63. The van der Waals surface area contributed by atoms with Crippen molar-refractivity contribution in [3.63, 3.8) is 0 Å². The van der Waals surface area contributed by atoms with Crippen LogP contribution in [0.2, 0.25) is 0 Å². The number of likely N-dealkylation sites (tertiary alicyclic amines) is 1. The van der Waals surface area contributed by atoms with E-state index in [0.717, 1.165) is 26.1 Å². The van der Waals surface area contributed by atoms with Gasteiger partial charge in [-0.05, 0) is 39.4 Å². The normalized spacial score (nSPS) is 28.3. The van der Waals surface area contributed by atoms with Gasteiger partial charge in [0.15, 0.2) is 0 Å². The molecule has 2 fully saturated rings. The molecule has 0 aromatic carbocycles. The van der Waals surface area contributed by atoms with Crippen LogP contribution in [0.4, 0.5) is 0 Å². The zero-order valence-electron chi connectivity index (χ0n) is 9.59. The lowest BCUT2D eigenvalue weighted by Gasteiger charge is -2.21. The van der Waals surface area contributed by atoms with Crippen molar-refractivity contribution < 1.29 is 4.74 Å². The first kappa shape index (κ1) is 12.0. The molecule has 0 radical (unpaired) electrons. The van der Waals surface area contributed by atoms with Crippen LogP contribution in [0.25, 0.3) is 0 Å². The summed E-state index contributed by atoms with van der Waals surface area (Å²) < 4.78 is 5.36. The number of morpholine rings is 1. The number of ether oxygens (including phenoxy) is 1. The van der Waals surface area contributed by atoms with Crippen molar-refractivity contribution in [2.75, 3.05) is 39.8 Å². The van der Waals surface area contributed by atoms with Crippen molar-refractivity contribution in [1.29, 1.82) is 0 Å². The first-order valence-electron chi connectivity index (χ1n) is 5.83. The second kappa shape index (κ2) is 7.21. The molecule has 2 aliphatic heterocycles. The quantitative estimate of drug-likeness (QED) is 0.686. The van der Waals surface area contributed by atoms with E-state index in [1.807, 2.05) is 0 Å². The summed E-state index contributed by atoms with van der Waals surface area (Å²) in [4.78, 5) is 2.36. The summed E-state index contributed by atoms with van der Waals surface area (Å²) in [6.45, 7) is 7.74. The van der Waals surface area contributed by atoms with E-state index < -0.39 is 0 Å². The Labute approximate surface area is 87.8 Å². The standard InChI is InChI=1S/C6H13NO.C5H11N/c1-2-6-5-7-3-4-8-6;1-6-4-2-3-5-6/h6-7H,2-5H2,1H3;2-5H2,1H3. The number of hydrogen-bond donors (Lipinski definition) is 1. The van der Waals surface area contributed by atoms with Crippen LogP contribution < -0.4 is 5.32 Å². The second-order valence-electron chi connectivity index (χ2n) is 4.12. The zero-order chi connectivity index (χ0) is 10.2. The van der Waals surface area contributed by atoms with Crippen LogP contribution >= 0.6 is 0 Å². The van der Waals surface area contributed by atoms with Crippen LogP contribution in [-0.4, -0.2) is 50.8 Å². The number of rotatable bonds is 1. The number of nitrogens with one attached hydrogen (secondary N) is 1. The SMILES string of the molecule is CCC1CNCCO1.CN1CCCC1. The molecule has 0 bridgehead atoms. The van der Waals surface area contributed by atoms with E-state index in [2.05, 4.69) is 24.2 Å². The van der Waals surface area contributed by atoms with Gasteiger partial charge in [0.05, 0.1) is 12.7 Å². The maximum absolute atomic E-state index is 5.36. The summed E-state index contributed by atoms with van der Waals surface area (Å²) in [6.07, 6.45) is 4.43. The van der Waals surface area contributed by atoms with Crippen LogP contribution in [-0.2, 0) is 4.74 Å². The fraction of sp³-hybridized carbons (Fsp3) is 1.00. The fourth-order valence-electron chi connectivity index (χ4n) is 1.76. The molecule has 0 amide bonds. The van der Waals surface area contributed by atoms with E-state index in [4.69, 9.17) is 4.74 Å². The molecule has 2 rings (SSSR count). The Morgan fingerprint density at radius 3 is 2.36 bits per heavy atom. The van der Waals surface area contributed by atoms with Gasteiger partial charge in [0, 0.05) is 13.1 Å². The molecule has 3 nitrogen and oxygen atoms in total. The molecular formula is C11H24N2O. The van der Waals surface area contributed by atoms with Gasteiger partial charge >= 0.3 is 0 Å². The van der Waals surface area contributed by atoms with Gasteiger partial charge in [0.2, 0.25) is 0 Å². The van der Waals surface area contributed by atoms with Gasteiger partial charge < -0.3 is 15.0 Å². The Kier molecular flexibility index (Phi) is 6.15. The third kappa shape index (κ3) is 4.94.